The third-order valence-electron chi connectivity index (χ3n) is 2.11. The van der Waals surface area contributed by atoms with E-state index in [1.807, 2.05) is 0 Å². The van der Waals surface area contributed by atoms with Gasteiger partial charge in [0.25, 0.3) is 6.43 Å². The number of aryl methyl sites for hydroxylation is 1. The predicted molar refractivity (Wildman–Crippen MR) is 50.6 cm³/mol. The average Bonchev–Trinajstić information content (AvgIpc) is 2.82. The first kappa shape index (κ1) is 11.2. The Hall–Kier alpha value is -2.25. The second-order valence-corrected chi connectivity index (χ2v) is 3.28. The van der Waals surface area contributed by atoms with Gasteiger partial charge in [-0.05, 0) is 0 Å². The van der Waals surface area contributed by atoms with E-state index in [9.17, 15) is 13.6 Å². The van der Waals surface area contributed by atoms with Crippen LogP contribution in [0.15, 0.2) is 16.9 Å². The molecule has 0 aliphatic rings. The van der Waals surface area contributed by atoms with Gasteiger partial charge in [0.15, 0.2) is 0 Å². The molecule has 0 aliphatic heterocycles. The minimum atomic E-state index is -3.03. The zero-order chi connectivity index (χ0) is 12.6. The third-order valence-corrected chi connectivity index (χ3v) is 2.11. The van der Waals surface area contributed by atoms with E-state index in [1.165, 1.54) is 17.1 Å². The van der Waals surface area contributed by atoms with Gasteiger partial charge in [0.2, 0.25) is 5.76 Å². The van der Waals surface area contributed by atoms with Crippen molar-refractivity contribution in [3.8, 4) is 11.3 Å². The summed E-state index contributed by atoms with van der Waals surface area (Å²) in [6, 6.07) is 0. The molecule has 2 aromatic heterocycles. The number of aromatic nitrogens is 3. The van der Waals surface area contributed by atoms with Crippen molar-refractivity contribution in [2.24, 2.45) is 7.05 Å². The van der Waals surface area contributed by atoms with Gasteiger partial charge in [-0.15, -0.1) is 0 Å². The maximum Gasteiger partial charge on any atom is 0.341 e. The molecule has 0 amide bonds. The highest BCUT2D eigenvalue weighted by Gasteiger charge is 2.29. The molecule has 0 spiro atoms. The molecule has 90 valence electrons. The van der Waals surface area contributed by atoms with Crippen LogP contribution in [0.1, 0.15) is 22.5 Å². The lowest BCUT2D eigenvalue weighted by molar-refractivity contribution is 0.0670. The lowest BCUT2D eigenvalue weighted by Crippen LogP contribution is -2.01. The molecule has 0 atom stereocenters. The molecule has 0 unspecified atom stereocenters. The SMILES string of the molecule is Cn1cc(-c2noc(C(F)F)c2C(=O)O)cn1. The molecule has 2 aromatic rings. The van der Waals surface area contributed by atoms with Crippen molar-refractivity contribution in [1.29, 1.82) is 0 Å². The van der Waals surface area contributed by atoms with Crippen molar-refractivity contribution in [2.75, 3.05) is 0 Å². The van der Waals surface area contributed by atoms with Crippen LogP contribution in [0.5, 0.6) is 0 Å². The number of aromatic carboxylic acids is 1. The Morgan fingerprint density at radius 1 is 1.59 bits per heavy atom. The van der Waals surface area contributed by atoms with E-state index in [-0.39, 0.29) is 5.69 Å². The minimum Gasteiger partial charge on any atom is -0.477 e. The quantitative estimate of drug-likeness (QED) is 0.887. The monoisotopic (exact) mass is 243 g/mol. The van der Waals surface area contributed by atoms with Crippen LogP contribution in [0.2, 0.25) is 0 Å². The topological polar surface area (TPSA) is 81.2 Å². The highest BCUT2D eigenvalue weighted by molar-refractivity contribution is 5.95. The number of hydrogen-bond donors (Lipinski definition) is 1. The number of hydrogen-bond acceptors (Lipinski definition) is 4. The molecule has 0 fully saturated rings. The Morgan fingerprint density at radius 3 is 2.76 bits per heavy atom. The van der Waals surface area contributed by atoms with E-state index < -0.39 is 23.7 Å². The molecular weight excluding hydrogens is 236 g/mol. The molecule has 17 heavy (non-hydrogen) atoms. The molecule has 2 heterocycles. The molecule has 0 saturated carbocycles. The highest BCUT2D eigenvalue weighted by Crippen LogP contribution is 2.30. The Kier molecular flexibility index (Phi) is 2.62. The number of nitrogens with zero attached hydrogens (tertiary/aromatic N) is 3. The van der Waals surface area contributed by atoms with Crippen molar-refractivity contribution in [1.82, 2.24) is 14.9 Å². The summed E-state index contributed by atoms with van der Waals surface area (Å²) < 4.78 is 30.8. The summed E-state index contributed by atoms with van der Waals surface area (Å²) in [5.41, 5.74) is -0.477. The van der Waals surface area contributed by atoms with Gasteiger partial charge in [0.1, 0.15) is 11.3 Å². The van der Waals surface area contributed by atoms with Gasteiger partial charge in [-0.25, -0.2) is 13.6 Å². The Labute approximate surface area is 93.4 Å². The third kappa shape index (κ3) is 1.88. The number of alkyl halides is 2. The van der Waals surface area contributed by atoms with Gasteiger partial charge in [0, 0.05) is 18.8 Å². The maximum atomic E-state index is 12.5. The molecular formula is C9H7F2N3O3. The fraction of sp³-hybridized carbons (Fsp3) is 0.222. The van der Waals surface area contributed by atoms with Crippen LogP contribution in [-0.2, 0) is 7.05 Å². The van der Waals surface area contributed by atoms with Crippen LogP contribution < -0.4 is 0 Å². The fourth-order valence-corrected chi connectivity index (χ4v) is 1.40. The first-order valence-electron chi connectivity index (χ1n) is 4.50. The van der Waals surface area contributed by atoms with E-state index in [4.69, 9.17) is 5.11 Å². The molecule has 2 rings (SSSR count). The van der Waals surface area contributed by atoms with Crippen LogP contribution >= 0.6 is 0 Å². The van der Waals surface area contributed by atoms with Gasteiger partial charge < -0.3 is 9.63 Å². The van der Waals surface area contributed by atoms with Crippen molar-refractivity contribution in [3.63, 3.8) is 0 Å². The van der Waals surface area contributed by atoms with Crippen LogP contribution in [0.3, 0.4) is 0 Å². The van der Waals surface area contributed by atoms with Crippen LogP contribution in [-0.4, -0.2) is 26.0 Å². The molecule has 8 heteroatoms. The normalized spacial score (nSPS) is 11.1. The lowest BCUT2D eigenvalue weighted by atomic mass is 10.1. The Bertz CT molecular complexity index is 562. The summed E-state index contributed by atoms with van der Waals surface area (Å²) in [5.74, 6) is -2.46. The summed E-state index contributed by atoms with van der Waals surface area (Å²) >= 11 is 0. The Morgan fingerprint density at radius 2 is 2.29 bits per heavy atom. The summed E-state index contributed by atoms with van der Waals surface area (Å²) in [7, 11) is 1.61. The molecule has 0 aromatic carbocycles. The number of halogens is 2. The van der Waals surface area contributed by atoms with Gasteiger partial charge in [0.05, 0.1) is 6.20 Å². The smallest absolute Gasteiger partial charge is 0.341 e. The maximum absolute atomic E-state index is 12.5. The van der Waals surface area contributed by atoms with Gasteiger partial charge in [-0.2, -0.15) is 5.10 Å². The zero-order valence-electron chi connectivity index (χ0n) is 8.59. The number of carboxylic acids is 1. The van der Waals surface area contributed by atoms with Crippen molar-refractivity contribution < 1.29 is 23.2 Å². The highest BCUT2D eigenvalue weighted by atomic mass is 19.3. The summed E-state index contributed by atoms with van der Waals surface area (Å²) in [6.45, 7) is 0. The molecule has 0 aliphatic carbocycles. The van der Waals surface area contributed by atoms with E-state index in [1.54, 1.807) is 7.05 Å². The average molecular weight is 243 g/mol. The molecule has 0 saturated heterocycles. The summed E-state index contributed by atoms with van der Waals surface area (Å²) in [4.78, 5) is 10.9. The second kappa shape index (κ2) is 3.96. The van der Waals surface area contributed by atoms with Gasteiger partial charge >= 0.3 is 5.97 Å². The lowest BCUT2D eigenvalue weighted by Gasteiger charge is -1.95. The van der Waals surface area contributed by atoms with Crippen molar-refractivity contribution >= 4 is 5.97 Å². The van der Waals surface area contributed by atoms with Crippen LogP contribution in [0.4, 0.5) is 8.78 Å². The standard InChI is InChI=1S/C9H7F2N3O3/c1-14-3-4(2-12-14)6-5(9(15)16)7(8(10)11)17-13-6/h2-3,8H,1H3,(H,15,16). The van der Waals surface area contributed by atoms with E-state index in [2.05, 4.69) is 14.8 Å². The Balaban J connectivity index is 2.59. The predicted octanol–water partition coefficient (Wildman–Crippen LogP) is 1.71. The van der Waals surface area contributed by atoms with Gasteiger partial charge in [-0.1, -0.05) is 5.16 Å². The molecule has 0 bridgehead atoms. The summed E-state index contributed by atoms with van der Waals surface area (Å²) in [5, 5.41) is 16.0. The first-order chi connectivity index (χ1) is 8.00. The van der Waals surface area contributed by atoms with E-state index in [0.717, 1.165) is 0 Å². The summed E-state index contributed by atoms with van der Waals surface area (Å²) in [6.07, 6.45) is -0.252. The molecule has 0 radical (unpaired) electrons. The van der Waals surface area contributed by atoms with E-state index >= 15 is 0 Å². The zero-order valence-corrected chi connectivity index (χ0v) is 8.59. The van der Waals surface area contributed by atoms with Gasteiger partial charge in [-0.3, -0.25) is 4.68 Å². The number of carboxylic acid groups (broad SMARTS) is 1. The number of rotatable bonds is 3. The first-order valence-corrected chi connectivity index (χ1v) is 4.50. The minimum absolute atomic E-state index is 0.152. The second-order valence-electron chi connectivity index (χ2n) is 3.28. The largest absolute Gasteiger partial charge is 0.477 e. The van der Waals surface area contributed by atoms with Crippen molar-refractivity contribution in [2.45, 2.75) is 6.43 Å². The molecule has 6 nitrogen and oxygen atoms in total. The molecule has 1 N–H and O–H groups in total. The fourth-order valence-electron chi connectivity index (χ4n) is 1.40. The number of carbonyl (C=O) groups is 1. The van der Waals surface area contributed by atoms with E-state index in [0.29, 0.717) is 5.56 Å². The van der Waals surface area contributed by atoms with Crippen LogP contribution in [0, 0.1) is 0 Å². The van der Waals surface area contributed by atoms with Crippen LogP contribution in [0.25, 0.3) is 11.3 Å². The van der Waals surface area contributed by atoms with Crippen molar-refractivity contribution in [3.05, 3.63) is 23.7 Å².